The minimum atomic E-state index is -0.277. The van der Waals surface area contributed by atoms with Crippen LogP contribution < -0.4 is 10.1 Å². The summed E-state index contributed by atoms with van der Waals surface area (Å²) in [5.74, 6) is 0.521. The van der Waals surface area contributed by atoms with Crippen molar-refractivity contribution in [1.82, 2.24) is 5.32 Å². The van der Waals surface area contributed by atoms with Gasteiger partial charge in [0.15, 0.2) is 0 Å². The monoisotopic (exact) mass is 281 g/mol. The molecule has 0 saturated carbocycles. The third-order valence-corrected chi connectivity index (χ3v) is 3.10. The number of hydrogen-bond acceptors (Lipinski definition) is 3. The van der Waals surface area contributed by atoms with Crippen LogP contribution in [-0.4, -0.2) is 25.0 Å². The first-order valence-corrected chi connectivity index (χ1v) is 7.24. The molecule has 0 radical (unpaired) electrons. The number of ketones is 1. The number of carbonyl (C=O) groups is 1. The second-order valence-corrected chi connectivity index (χ2v) is 4.88. The highest BCUT2D eigenvalue weighted by molar-refractivity contribution is 5.78. The van der Waals surface area contributed by atoms with Gasteiger partial charge in [-0.25, -0.2) is 4.39 Å². The molecule has 4 heteroatoms. The minimum absolute atomic E-state index is 0.0190. The average Bonchev–Trinajstić information content (AvgIpc) is 2.45. The molecule has 0 aliphatic heterocycles. The van der Waals surface area contributed by atoms with Crippen LogP contribution in [0.2, 0.25) is 0 Å². The molecule has 0 amide bonds. The van der Waals surface area contributed by atoms with Crippen molar-refractivity contribution < 1.29 is 13.9 Å². The first-order chi connectivity index (χ1) is 9.56. The topological polar surface area (TPSA) is 38.3 Å². The maximum Gasteiger partial charge on any atom is 0.132 e. The third kappa shape index (κ3) is 5.70. The van der Waals surface area contributed by atoms with Gasteiger partial charge in [0, 0.05) is 19.4 Å². The summed E-state index contributed by atoms with van der Waals surface area (Å²) in [6, 6.07) is 4.73. The molecular weight excluding hydrogens is 257 g/mol. The molecule has 1 aromatic rings. The SMILES string of the molecule is CCNCC(C)Oc1ccc(F)c(CCC(=O)CC)c1. The Kier molecular flexibility index (Phi) is 7.23. The minimum Gasteiger partial charge on any atom is -0.489 e. The van der Waals surface area contributed by atoms with Crippen LogP contribution >= 0.6 is 0 Å². The highest BCUT2D eigenvalue weighted by Gasteiger charge is 2.09. The summed E-state index contributed by atoms with van der Waals surface area (Å²) in [4.78, 5) is 11.3. The van der Waals surface area contributed by atoms with Crippen LogP contribution in [0.5, 0.6) is 5.75 Å². The van der Waals surface area contributed by atoms with E-state index < -0.39 is 0 Å². The highest BCUT2D eigenvalue weighted by atomic mass is 19.1. The van der Waals surface area contributed by atoms with E-state index in [1.807, 2.05) is 20.8 Å². The molecule has 0 fully saturated rings. The Balaban J connectivity index is 2.63. The van der Waals surface area contributed by atoms with Crippen LogP contribution in [-0.2, 0) is 11.2 Å². The molecule has 1 rings (SSSR count). The van der Waals surface area contributed by atoms with Crippen LogP contribution in [0.4, 0.5) is 4.39 Å². The lowest BCUT2D eigenvalue weighted by molar-refractivity contribution is -0.118. The Morgan fingerprint density at radius 1 is 1.40 bits per heavy atom. The third-order valence-electron chi connectivity index (χ3n) is 3.10. The van der Waals surface area contributed by atoms with E-state index in [1.54, 1.807) is 12.1 Å². The molecule has 1 aromatic carbocycles. The number of ether oxygens (including phenoxy) is 1. The zero-order valence-electron chi connectivity index (χ0n) is 12.5. The second-order valence-electron chi connectivity index (χ2n) is 4.88. The van der Waals surface area contributed by atoms with E-state index >= 15 is 0 Å². The number of likely N-dealkylation sites (N-methyl/N-ethyl adjacent to an activating group) is 1. The van der Waals surface area contributed by atoms with E-state index in [2.05, 4.69) is 5.32 Å². The van der Waals surface area contributed by atoms with Gasteiger partial charge < -0.3 is 10.1 Å². The second kappa shape index (κ2) is 8.69. The lowest BCUT2D eigenvalue weighted by Gasteiger charge is -2.16. The standard InChI is InChI=1S/C16H24FNO2/c1-4-14(19)7-6-13-10-15(8-9-16(13)17)20-12(3)11-18-5-2/h8-10,12,18H,4-7,11H2,1-3H3. The zero-order chi connectivity index (χ0) is 15.0. The van der Waals surface area contributed by atoms with Gasteiger partial charge in [-0.3, -0.25) is 4.79 Å². The summed E-state index contributed by atoms with van der Waals surface area (Å²) in [6.45, 7) is 7.46. The van der Waals surface area contributed by atoms with Gasteiger partial charge in [-0.2, -0.15) is 0 Å². The van der Waals surface area contributed by atoms with Crippen LogP contribution in [0.3, 0.4) is 0 Å². The van der Waals surface area contributed by atoms with Crippen molar-refractivity contribution in [2.45, 2.75) is 46.1 Å². The Hall–Kier alpha value is -1.42. The number of Topliss-reactive ketones (excluding diaryl/α,β-unsaturated/α-hetero) is 1. The van der Waals surface area contributed by atoms with E-state index in [0.29, 0.717) is 30.6 Å². The molecule has 3 nitrogen and oxygen atoms in total. The molecular formula is C16H24FNO2. The van der Waals surface area contributed by atoms with Gasteiger partial charge in [0.1, 0.15) is 23.5 Å². The van der Waals surface area contributed by atoms with Gasteiger partial charge >= 0.3 is 0 Å². The van der Waals surface area contributed by atoms with Crippen molar-refractivity contribution in [2.24, 2.45) is 0 Å². The van der Waals surface area contributed by atoms with Crippen molar-refractivity contribution in [3.63, 3.8) is 0 Å². The van der Waals surface area contributed by atoms with E-state index in [0.717, 1.165) is 13.1 Å². The Morgan fingerprint density at radius 3 is 2.80 bits per heavy atom. The van der Waals surface area contributed by atoms with Crippen LogP contribution in [0.1, 0.15) is 39.2 Å². The van der Waals surface area contributed by atoms with Crippen LogP contribution in [0.15, 0.2) is 18.2 Å². The molecule has 1 unspecified atom stereocenters. The summed E-state index contributed by atoms with van der Waals surface area (Å²) in [6.07, 6.45) is 1.32. The van der Waals surface area contributed by atoms with Gasteiger partial charge in [-0.05, 0) is 43.7 Å². The van der Waals surface area contributed by atoms with E-state index in [4.69, 9.17) is 4.74 Å². The number of carbonyl (C=O) groups excluding carboxylic acids is 1. The first-order valence-electron chi connectivity index (χ1n) is 7.24. The fourth-order valence-corrected chi connectivity index (χ4v) is 1.89. The van der Waals surface area contributed by atoms with Gasteiger partial charge in [-0.1, -0.05) is 13.8 Å². The molecule has 1 N–H and O–H groups in total. The number of hydrogen-bond donors (Lipinski definition) is 1. The Bertz CT molecular complexity index is 434. The number of nitrogens with one attached hydrogen (secondary N) is 1. The lowest BCUT2D eigenvalue weighted by atomic mass is 10.1. The molecule has 0 saturated heterocycles. The van der Waals surface area contributed by atoms with Crippen molar-refractivity contribution in [1.29, 1.82) is 0 Å². The highest BCUT2D eigenvalue weighted by Crippen LogP contribution is 2.19. The molecule has 0 bridgehead atoms. The van der Waals surface area contributed by atoms with Crippen molar-refractivity contribution >= 4 is 5.78 Å². The fraction of sp³-hybridized carbons (Fsp3) is 0.562. The molecule has 0 heterocycles. The summed E-state index contributed by atoms with van der Waals surface area (Å²) < 4.78 is 19.4. The van der Waals surface area contributed by atoms with Crippen LogP contribution in [0.25, 0.3) is 0 Å². The van der Waals surface area contributed by atoms with Gasteiger partial charge in [-0.15, -0.1) is 0 Å². The summed E-state index contributed by atoms with van der Waals surface area (Å²) in [5, 5.41) is 3.20. The predicted octanol–water partition coefficient (Wildman–Crippen LogP) is 3.11. The smallest absolute Gasteiger partial charge is 0.132 e. The lowest BCUT2D eigenvalue weighted by Crippen LogP contribution is -2.28. The number of aryl methyl sites for hydroxylation is 1. The maximum absolute atomic E-state index is 13.7. The van der Waals surface area contributed by atoms with Crippen LogP contribution in [0, 0.1) is 5.82 Å². The first kappa shape index (κ1) is 16.6. The number of halogens is 1. The predicted molar refractivity (Wildman–Crippen MR) is 78.7 cm³/mol. The Labute approximate surface area is 120 Å². The van der Waals surface area contributed by atoms with Crippen molar-refractivity contribution in [2.75, 3.05) is 13.1 Å². The molecule has 0 aliphatic rings. The molecule has 20 heavy (non-hydrogen) atoms. The van der Waals surface area contributed by atoms with Crippen molar-refractivity contribution in [3.8, 4) is 5.75 Å². The molecule has 1 atom stereocenters. The quantitative estimate of drug-likeness (QED) is 0.756. The molecule has 112 valence electrons. The summed E-state index contributed by atoms with van der Waals surface area (Å²) in [7, 11) is 0. The average molecular weight is 281 g/mol. The zero-order valence-corrected chi connectivity index (χ0v) is 12.5. The van der Waals surface area contributed by atoms with Gasteiger partial charge in [0.25, 0.3) is 0 Å². The fourth-order valence-electron chi connectivity index (χ4n) is 1.89. The normalized spacial score (nSPS) is 12.2. The summed E-state index contributed by atoms with van der Waals surface area (Å²) >= 11 is 0. The maximum atomic E-state index is 13.7. The van der Waals surface area contributed by atoms with Crippen molar-refractivity contribution in [3.05, 3.63) is 29.6 Å². The number of rotatable bonds is 9. The molecule has 0 aliphatic carbocycles. The van der Waals surface area contributed by atoms with E-state index in [-0.39, 0.29) is 17.7 Å². The largest absolute Gasteiger partial charge is 0.489 e. The summed E-state index contributed by atoms with van der Waals surface area (Å²) in [5.41, 5.74) is 0.542. The van der Waals surface area contributed by atoms with Gasteiger partial charge in [0.05, 0.1) is 0 Å². The molecule has 0 aromatic heterocycles. The van der Waals surface area contributed by atoms with E-state index in [1.165, 1.54) is 6.07 Å². The molecule has 0 spiro atoms. The van der Waals surface area contributed by atoms with Gasteiger partial charge in [0.2, 0.25) is 0 Å². The Morgan fingerprint density at radius 2 is 2.15 bits per heavy atom. The van der Waals surface area contributed by atoms with E-state index in [9.17, 15) is 9.18 Å². The number of benzene rings is 1.